The van der Waals surface area contributed by atoms with Crippen LogP contribution in [0.1, 0.15) is 12.5 Å². The average molecular weight is 288 g/mol. The molecular weight excluding hydrogens is 266 g/mol. The Morgan fingerprint density at radius 1 is 1.37 bits per heavy atom. The average Bonchev–Trinajstić information content (AvgIpc) is 2.40. The van der Waals surface area contributed by atoms with Crippen LogP contribution in [0, 0.1) is 12.8 Å². The minimum absolute atomic E-state index is 0.143. The SMILES string of the molecule is Cc1cc(OCC(O)CNCC(C)CO)ccc1Cl. The maximum atomic E-state index is 9.74. The Labute approximate surface area is 119 Å². The minimum atomic E-state index is -0.582. The molecule has 0 fully saturated rings. The highest BCUT2D eigenvalue weighted by molar-refractivity contribution is 6.31. The summed E-state index contributed by atoms with van der Waals surface area (Å²) in [6.45, 7) is 5.32. The Kier molecular flexibility index (Phi) is 7.16. The lowest BCUT2D eigenvalue weighted by atomic mass is 10.2. The highest BCUT2D eigenvalue weighted by Gasteiger charge is 2.07. The van der Waals surface area contributed by atoms with Gasteiger partial charge in [0.2, 0.25) is 0 Å². The van der Waals surface area contributed by atoms with E-state index in [0.717, 1.165) is 5.56 Å². The molecule has 19 heavy (non-hydrogen) atoms. The van der Waals surface area contributed by atoms with E-state index in [1.165, 1.54) is 0 Å². The summed E-state index contributed by atoms with van der Waals surface area (Å²) >= 11 is 5.92. The summed E-state index contributed by atoms with van der Waals surface area (Å²) in [5.74, 6) is 0.886. The molecule has 0 saturated heterocycles. The second-order valence-electron chi connectivity index (χ2n) is 4.82. The van der Waals surface area contributed by atoms with Crippen LogP contribution in [0.15, 0.2) is 18.2 Å². The summed E-state index contributed by atoms with van der Waals surface area (Å²) in [4.78, 5) is 0. The molecule has 0 bridgehead atoms. The van der Waals surface area contributed by atoms with Gasteiger partial charge in [-0.25, -0.2) is 0 Å². The third-order valence-electron chi connectivity index (χ3n) is 2.76. The molecule has 0 aromatic heterocycles. The van der Waals surface area contributed by atoms with Crippen LogP contribution in [-0.4, -0.2) is 42.6 Å². The highest BCUT2D eigenvalue weighted by atomic mass is 35.5. The number of rotatable bonds is 8. The van der Waals surface area contributed by atoms with Gasteiger partial charge < -0.3 is 20.3 Å². The van der Waals surface area contributed by atoms with Gasteiger partial charge in [-0.3, -0.25) is 0 Å². The third-order valence-corrected chi connectivity index (χ3v) is 3.18. The van der Waals surface area contributed by atoms with Gasteiger partial charge in [0, 0.05) is 18.2 Å². The van der Waals surface area contributed by atoms with Gasteiger partial charge in [-0.05, 0) is 43.1 Å². The van der Waals surface area contributed by atoms with Gasteiger partial charge in [-0.2, -0.15) is 0 Å². The van der Waals surface area contributed by atoms with Crippen molar-refractivity contribution in [2.45, 2.75) is 20.0 Å². The summed E-state index contributed by atoms with van der Waals surface area (Å²) < 4.78 is 5.49. The van der Waals surface area contributed by atoms with Gasteiger partial charge in [0.1, 0.15) is 18.5 Å². The third kappa shape index (κ3) is 6.25. The van der Waals surface area contributed by atoms with E-state index in [0.29, 0.717) is 23.9 Å². The fourth-order valence-corrected chi connectivity index (χ4v) is 1.64. The first-order valence-electron chi connectivity index (χ1n) is 6.41. The van der Waals surface area contributed by atoms with E-state index in [-0.39, 0.29) is 19.1 Å². The van der Waals surface area contributed by atoms with Crippen LogP contribution in [0.25, 0.3) is 0 Å². The number of aliphatic hydroxyl groups is 2. The van der Waals surface area contributed by atoms with Crippen LogP contribution in [0.4, 0.5) is 0 Å². The van der Waals surface area contributed by atoms with E-state index in [9.17, 15) is 5.11 Å². The largest absolute Gasteiger partial charge is 0.491 e. The number of hydrogen-bond acceptors (Lipinski definition) is 4. The number of halogens is 1. The first-order chi connectivity index (χ1) is 9.02. The molecule has 1 rings (SSSR count). The van der Waals surface area contributed by atoms with Crippen LogP contribution in [0.3, 0.4) is 0 Å². The maximum absolute atomic E-state index is 9.74. The monoisotopic (exact) mass is 287 g/mol. The molecule has 3 N–H and O–H groups in total. The Morgan fingerprint density at radius 2 is 2.11 bits per heavy atom. The van der Waals surface area contributed by atoms with Gasteiger partial charge in [0.15, 0.2) is 0 Å². The predicted octanol–water partition coefficient (Wildman–Crippen LogP) is 1.61. The number of hydrogen-bond donors (Lipinski definition) is 3. The summed E-state index contributed by atoms with van der Waals surface area (Å²) in [5, 5.41) is 22.4. The number of aryl methyl sites for hydroxylation is 1. The molecule has 4 nitrogen and oxygen atoms in total. The van der Waals surface area contributed by atoms with E-state index < -0.39 is 6.10 Å². The van der Waals surface area contributed by atoms with Crippen LogP contribution in [-0.2, 0) is 0 Å². The topological polar surface area (TPSA) is 61.7 Å². The van der Waals surface area contributed by atoms with E-state index in [1.807, 2.05) is 19.9 Å². The van der Waals surface area contributed by atoms with Gasteiger partial charge in [-0.1, -0.05) is 18.5 Å². The quantitative estimate of drug-likeness (QED) is 0.680. The number of benzene rings is 1. The molecule has 0 saturated carbocycles. The number of nitrogens with one attached hydrogen (secondary N) is 1. The fraction of sp³-hybridized carbons (Fsp3) is 0.571. The molecule has 1 aromatic carbocycles. The summed E-state index contributed by atoms with van der Waals surface area (Å²) in [5.41, 5.74) is 0.948. The standard InChI is InChI=1S/C14H22ClNO3/c1-10(8-17)6-16-7-12(18)9-19-13-3-4-14(15)11(2)5-13/h3-5,10,12,16-18H,6-9H2,1-2H3. The normalized spacial score (nSPS) is 14.2. The Hall–Kier alpha value is -0.810. The molecule has 0 heterocycles. The Morgan fingerprint density at radius 3 is 2.74 bits per heavy atom. The fourth-order valence-electron chi connectivity index (χ4n) is 1.52. The van der Waals surface area contributed by atoms with E-state index in [4.69, 9.17) is 21.4 Å². The molecule has 0 aliphatic heterocycles. The van der Waals surface area contributed by atoms with Crippen molar-refractivity contribution in [3.63, 3.8) is 0 Å². The maximum Gasteiger partial charge on any atom is 0.119 e. The second kappa shape index (κ2) is 8.38. The smallest absolute Gasteiger partial charge is 0.119 e. The highest BCUT2D eigenvalue weighted by Crippen LogP contribution is 2.20. The summed E-state index contributed by atoms with van der Waals surface area (Å²) in [6, 6.07) is 5.40. The molecule has 0 amide bonds. The van der Waals surface area contributed by atoms with E-state index in [1.54, 1.807) is 12.1 Å². The van der Waals surface area contributed by atoms with Crippen LogP contribution in [0.5, 0.6) is 5.75 Å². The minimum Gasteiger partial charge on any atom is -0.491 e. The molecule has 2 atom stereocenters. The van der Waals surface area contributed by atoms with Crippen molar-refractivity contribution in [1.29, 1.82) is 0 Å². The molecule has 108 valence electrons. The van der Waals surface area contributed by atoms with Crippen molar-refractivity contribution in [3.05, 3.63) is 28.8 Å². The number of ether oxygens (including phenoxy) is 1. The number of aliphatic hydroxyl groups excluding tert-OH is 2. The lowest BCUT2D eigenvalue weighted by Gasteiger charge is -2.15. The molecular formula is C14H22ClNO3. The Balaban J connectivity index is 2.25. The molecule has 0 aliphatic rings. The van der Waals surface area contributed by atoms with Crippen molar-refractivity contribution in [2.75, 3.05) is 26.3 Å². The van der Waals surface area contributed by atoms with Gasteiger partial charge in [0.05, 0.1) is 0 Å². The van der Waals surface area contributed by atoms with Crippen LogP contribution in [0.2, 0.25) is 5.02 Å². The van der Waals surface area contributed by atoms with Crippen molar-refractivity contribution in [3.8, 4) is 5.75 Å². The lowest BCUT2D eigenvalue weighted by molar-refractivity contribution is 0.104. The van der Waals surface area contributed by atoms with E-state index >= 15 is 0 Å². The van der Waals surface area contributed by atoms with Crippen molar-refractivity contribution < 1.29 is 14.9 Å². The van der Waals surface area contributed by atoms with Crippen molar-refractivity contribution in [1.82, 2.24) is 5.32 Å². The van der Waals surface area contributed by atoms with Crippen LogP contribution < -0.4 is 10.1 Å². The van der Waals surface area contributed by atoms with Crippen molar-refractivity contribution >= 4 is 11.6 Å². The van der Waals surface area contributed by atoms with Gasteiger partial charge in [-0.15, -0.1) is 0 Å². The zero-order valence-electron chi connectivity index (χ0n) is 11.4. The Bertz CT molecular complexity index is 387. The first kappa shape index (κ1) is 16.2. The molecule has 5 heteroatoms. The molecule has 0 aliphatic carbocycles. The predicted molar refractivity (Wildman–Crippen MR) is 76.8 cm³/mol. The molecule has 1 aromatic rings. The molecule has 2 unspecified atom stereocenters. The second-order valence-corrected chi connectivity index (χ2v) is 5.23. The summed E-state index contributed by atoms with van der Waals surface area (Å²) in [7, 11) is 0. The van der Waals surface area contributed by atoms with Gasteiger partial charge in [0.25, 0.3) is 0 Å². The zero-order chi connectivity index (χ0) is 14.3. The van der Waals surface area contributed by atoms with Crippen molar-refractivity contribution in [2.24, 2.45) is 5.92 Å². The summed E-state index contributed by atoms with van der Waals surface area (Å²) in [6.07, 6.45) is -0.582. The van der Waals surface area contributed by atoms with E-state index in [2.05, 4.69) is 5.32 Å². The van der Waals surface area contributed by atoms with Gasteiger partial charge >= 0.3 is 0 Å². The molecule has 0 radical (unpaired) electrons. The zero-order valence-corrected chi connectivity index (χ0v) is 12.2. The molecule has 0 spiro atoms. The first-order valence-corrected chi connectivity index (χ1v) is 6.79. The lowest BCUT2D eigenvalue weighted by Crippen LogP contribution is -2.34. The van der Waals surface area contributed by atoms with Crippen LogP contribution >= 0.6 is 11.6 Å².